The molecule has 0 spiro atoms. The highest BCUT2D eigenvalue weighted by atomic mass is 35.5. The third kappa shape index (κ3) is 2.54. The van der Waals surface area contributed by atoms with Gasteiger partial charge < -0.3 is 0 Å². The normalized spacial score (nSPS) is 10.6. The Morgan fingerprint density at radius 3 is 2.47 bits per heavy atom. The largest absolute Gasteiger partial charge is 0.224 e. The predicted molar refractivity (Wildman–Crippen MR) is 71.9 cm³/mol. The molecule has 1 aromatic heterocycles. The lowest BCUT2D eigenvalue weighted by molar-refractivity contribution is 1.12. The fourth-order valence-electron chi connectivity index (χ4n) is 1.63. The molecule has 0 amide bonds. The second-order valence-electron chi connectivity index (χ2n) is 3.46. The van der Waals surface area contributed by atoms with Crippen molar-refractivity contribution in [1.82, 2.24) is 9.97 Å². The Morgan fingerprint density at radius 2 is 1.76 bits per heavy atom. The van der Waals surface area contributed by atoms with Crippen molar-refractivity contribution in [3.8, 4) is 11.3 Å². The molecule has 2 aromatic rings. The third-order valence-electron chi connectivity index (χ3n) is 2.44. The fourth-order valence-corrected chi connectivity index (χ4v) is 2.20. The zero-order valence-electron chi connectivity index (χ0n) is 9.04. The van der Waals surface area contributed by atoms with Crippen molar-refractivity contribution in [2.45, 2.75) is 13.3 Å². The van der Waals surface area contributed by atoms with Crippen LogP contribution in [0, 0.1) is 0 Å². The van der Waals surface area contributed by atoms with Gasteiger partial charge in [0.25, 0.3) is 0 Å². The van der Waals surface area contributed by atoms with Crippen LogP contribution in [0.1, 0.15) is 12.5 Å². The quantitative estimate of drug-likeness (QED) is 0.593. The van der Waals surface area contributed by atoms with Gasteiger partial charge in [0.15, 0.2) is 5.15 Å². The third-order valence-corrected chi connectivity index (χ3v) is 3.33. The van der Waals surface area contributed by atoms with Crippen LogP contribution in [-0.2, 0) is 6.42 Å². The van der Waals surface area contributed by atoms with Crippen molar-refractivity contribution in [3.63, 3.8) is 0 Å². The van der Waals surface area contributed by atoms with Gasteiger partial charge in [-0.2, -0.15) is 0 Å². The second kappa shape index (κ2) is 5.21. The molecule has 0 radical (unpaired) electrons. The molecule has 1 heterocycles. The number of hydrogen-bond donors (Lipinski definition) is 0. The second-order valence-corrected chi connectivity index (χ2v) is 4.53. The summed E-state index contributed by atoms with van der Waals surface area (Å²) in [5.74, 6) is 0. The van der Waals surface area contributed by atoms with E-state index in [1.54, 1.807) is 0 Å². The van der Waals surface area contributed by atoms with E-state index in [-0.39, 0.29) is 10.4 Å². The molecule has 0 fully saturated rings. The van der Waals surface area contributed by atoms with Crippen LogP contribution in [0.4, 0.5) is 0 Å². The molecule has 0 aliphatic heterocycles. The molecular weight excluding hydrogens is 279 g/mol. The topological polar surface area (TPSA) is 25.8 Å². The van der Waals surface area contributed by atoms with Gasteiger partial charge in [-0.1, -0.05) is 54.4 Å². The number of aromatic nitrogens is 2. The van der Waals surface area contributed by atoms with E-state index in [9.17, 15) is 0 Å². The van der Waals surface area contributed by atoms with Gasteiger partial charge in [-0.3, -0.25) is 0 Å². The van der Waals surface area contributed by atoms with Crippen LogP contribution in [0.2, 0.25) is 15.5 Å². The van der Waals surface area contributed by atoms with Gasteiger partial charge in [0, 0.05) is 5.56 Å². The van der Waals surface area contributed by atoms with Gasteiger partial charge in [-0.05, 0) is 23.6 Å². The SMILES string of the molecule is CCc1ccccc1-c1nc(Cl)nc(Cl)c1Cl. The first kappa shape index (κ1) is 12.6. The van der Waals surface area contributed by atoms with Crippen LogP contribution >= 0.6 is 34.8 Å². The molecule has 17 heavy (non-hydrogen) atoms. The molecule has 0 atom stereocenters. The van der Waals surface area contributed by atoms with Crippen molar-refractivity contribution in [1.29, 1.82) is 0 Å². The van der Waals surface area contributed by atoms with Crippen LogP contribution in [0.3, 0.4) is 0 Å². The van der Waals surface area contributed by atoms with E-state index in [0.29, 0.717) is 10.7 Å². The molecule has 0 aliphatic rings. The van der Waals surface area contributed by atoms with E-state index in [4.69, 9.17) is 34.8 Å². The van der Waals surface area contributed by atoms with Crippen molar-refractivity contribution in [2.75, 3.05) is 0 Å². The van der Waals surface area contributed by atoms with Crippen molar-refractivity contribution in [2.24, 2.45) is 0 Å². The molecule has 0 saturated carbocycles. The Morgan fingerprint density at radius 1 is 1.06 bits per heavy atom. The maximum absolute atomic E-state index is 6.11. The zero-order valence-corrected chi connectivity index (χ0v) is 11.3. The summed E-state index contributed by atoms with van der Waals surface area (Å²) in [7, 11) is 0. The number of rotatable bonds is 2. The molecule has 88 valence electrons. The van der Waals surface area contributed by atoms with E-state index in [1.165, 1.54) is 0 Å². The van der Waals surface area contributed by atoms with E-state index in [2.05, 4.69) is 16.9 Å². The maximum atomic E-state index is 6.11. The van der Waals surface area contributed by atoms with Crippen LogP contribution in [0.5, 0.6) is 0 Å². The first-order chi connectivity index (χ1) is 8.13. The van der Waals surface area contributed by atoms with Crippen molar-refractivity contribution >= 4 is 34.8 Å². The summed E-state index contributed by atoms with van der Waals surface area (Å²) >= 11 is 17.8. The lowest BCUT2D eigenvalue weighted by Gasteiger charge is -2.09. The highest BCUT2D eigenvalue weighted by Gasteiger charge is 2.14. The average molecular weight is 288 g/mol. The lowest BCUT2D eigenvalue weighted by Crippen LogP contribution is -1.94. The maximum Gasteiger partial charge on any atom is 0.224 e. The molecular formula is C12H9Cl3N2. The summed E-state index contributed by atoms with van der Waals surface area (Å²) < 4.78 is 0. The number of nitrogens with zero attached hydrogens (tertiary/aromatic N) is 2. The molecule has 0 unspecified atom stereocenters. The predicted octanol–water partition coefficient (Wildman–Crippen LogP) is 4.67. The number of aryl methyl sites for hydroxylation is 1. The summed E-state index contributed by atoms with van der Waals surface area (Å²) in [6.07, 6.45) is 0.881. The van der Waals surface area contributed by atoms with Crippen LogP contribution in [0.25, 0.3) is 11.3 Å². The molecule has 0 saturated heterocycles. The molecule has 1 aromatic carbocycles. The summed E-state index contributed by atoms with van der Waals surface area (Å²) in [5.41, 5.74) is 2.65. The minimum atomic E-state index is 0.0975. The van der Waals surface area contributed by atoms with Crippen LogP contribution in [-0.4, -0.2) is 9.97 Å². The van der Waals surface area contributed by atoms with Gasteiger partial charge in [-0.25, -0.2) is 9.97 Å². The minimum absolute atomic E-state index is 0.0975. The molecule has 5 heteroatoms. The monoisotopic (exact) mass is 286 g/mol. The Bertz CT molecular complexity index is 555. The Labute approximate surface area is 115 Å². The van der Waals surface area contributed by atoms with E-state index in [1.807, 2.05) is 24.3 Å². The van der Waals surface area contributed by atoms with E-state index < -0.39 is 0 Å². The smallest absolute Gasteiger partial charge is 0.216 e. The highest BCUT2D eigenvalue weighted by molar-refractivity contribution is 6.43. The number of halogens is 3. The average Bonchev–Trinajstić information content (AvgIpc) is 2.33. The highest BCUT2D eigenvalue weighted by Crippen LogP contribution is 2.33. The minimum Gasteiger partial charge on any atom is -0.216 e. The van der Waals surface area contributed by atoms with Gasteiger partial charge in [-0.15, -0.1) is 0 Å². The fraction of sp³-hybridized carbons (Fsp3) is 0.167. The van der Waals surface area contributed by atoms with Crippen LogP contribution < -0.4 is 0 Å². The molecule has 2 rings (SSSR count). The number of benzene rings is 1. The molecule has 2 nitrogen and oxygen atoms in total. The van der Waals surface area contributed by atoms with E-state index in [0.717, 1.165) is 17.5 Å². The molecule has 0 N–H and O–H groups in total. The van der Waals surface area contributed by atoms with Gasteiger partial charge in [0.2, 0.25) is 5.28 Å². The first-order valence-electron chi connectivity index (χ1n) is 5.10. The number of hydrogen-bond acceptors (Lipinski definition) is 2. The summed E-state index contributed by atoms with van der Waals surface area (Å²) in [6.45, 7) is 2.07. The zero-order chi connectivity index (χ0) is 12.4. The van der Waals surface area contributed by atoms with Crippen molar-refractivity contribution in [3.05, 3.63) is 45.3 Å². The van der Waals surface area contributed by atoms with Crippen molar-refractivity contribution < 1.29 is 0 Å². The van der Waals surface area contributed by atoms with Gasteiger partial charge in [0.1, 0.15) is 5.02 Å². The Balaban J connectivity index is 2.68. The standard InChI is InChI=1S/C12H9Cl3N2/c1-2-7-5-3-4-6-8(7)10-9(13)11(14)17-12(15)16-10/h3-6H,2H2,1H3. The first-order valence-corrected chi connectivity index (χ1v) is 6.23. The Kier molecular flexibility index (Phi) is 3.87. The summed E-state index contributed by atoms with van der Waals surface area (Å²) in [5, 5.41) is 0.602. The summed E-state index contributed by atoms with van der Waals surface area (Å²) in [6, 6.07) is 7.87. The van der Waals surface area contributed by atoms with Gasteiger partial charge in [0.05, 0.1) is 5.69 Å². The van der Waals surface area contributed by atoms with Crippen LogP contribution in [0.15, 0.2) is 24.3 Å². The molecule has 0 bridgehead atoms. The summed E-state index contributed by atoms with van der Waals surface area (Å²) in [4.78, 5) is 7.95. The van der Waals surface area contributed by atoms with E-state index >= 15 is 0 Å². The Hall–Kier alpha value is -0.830. The van der Waals surface area contributed by atoms with Gasteiger partial charge >= 0.3 is 0 Å². The lowest BCUT2D eigenvalue weighted by atomic mass is 10.0. The molecule has 0 aliphatic carbocycles.